The number of aliphatic hydroxyl groups is 1. The molecular weight excluding hydrogens is 296 g/mol. The van der Waals surface area contributed by atoms with Gasteiger partial charge < -0.3 is 9.84 Å². The van der Waals surface area contributed by atoms with Crippen molar-refractivity contribution in [2.45, 2.75) is 5.60 Å². The molecule has 1 N–H and O–H groups in total. The summed E-state index contributed by atoms with van der Waals surface area (Å²) in [5, 5.41) is 11.7. The maximum Gasteiger partial charge on any atom is 0.140 e. The zero-order valence-corrected chi connectivity index (χ0v) is 13.6. The Balaban J connectivity index is 2.17. The second kappa shape index (κ2) is 6.73. The molecule has 0 saturated carbocycles. The minimum absolute atomic E-state index is 0.760. The fraction of sp³-hybridized carbons (Fsp3) is 0.0909. The summed E-state index contributed by atoms with van der Waals surface area (Å²) in [6, 6.07) is 25.0. The fourth-order valence-corrected chi connectivity index (χ4v) is 2.87. The van der Waals surface area contributed by atoms with Gasteiger partial charge in [-0.25, -0.2) is 0 Å². The molecule has 1 atom stereocenters. The van der Waals surface area contributed by atoms with Gasteiger partial charge >= 0.3 is 0 Å². The zero-order valence-electron chi connectivity index (χ0n) is 13.6. The minimum atomic E-state index is -1.23. The lowest BCUT2D eigenvalue weighted by molar-refractivity contribution is 0.125. The van der Waals surface area contributed by atoms with Crippen molar-refractivity contribution in [3.05, 3.63) is 108 Å². The molecule has 120 valence electrons. The quantitative estimate of drug-likeness (QED) is 0.696. The Morgan fingerprint density at radius 2 is 1.29 bits per heavy atom. The van der Waals surface area contributed by atoms with E-state index in [1.807, 2.05) is 78.9 Å². The van der Waals surface area contributed by atoms with Crippen LogP contribution in [-0.2, 0) is 5.60 Å². The van der Waals surface area contributed by atoms with E-state index in [9.17, 15) is 5.11 Å². The Hall–Kier alpha value is -2.84. The van der Waals surface area contributed by atoms with Gasteiger partial charge in [-0.1, -0.05) is 79.4 Å². The van der Waals surface area contributed by atoms with Crippen LogP contribution in [0.1, 0.15) is 22.3 Å². The van der Waals surface area contributed by atoms with Crippen LogP contribution in [0.3, 0.4) is 0 Å². The Morgan fingerprint density at radius 1 is 0.792 bits per heavy atom. The first kappa shape index (κ1) is 16.0. The van der Waals surface area contributed by atoms with E-state index in [-0.39, 0.29) is 0 Å². The third-order valence-electron chi connectivity index (χ3n) is 4.26. The summed E-state index contributed by atoms with van der Waals surface area (Å²) < 4.78 is 5.23. The smallest absolute Gasteiger partial charge is 0.140 e. The SMILES string of the molecule is C=Cc1ccc(C(O)(c2ccccc2)c2ccc(OC)cc2)cc1. The van der Waals surface area contributed by atoms with Gasteiger partial charge in [0.25, 0.3) is 0 Å². The number of hydrogen-bond donors (Lipinski definition) is 1. The molecule has 3 rings (SSSR count). The van der Waals surface area contributed by atoms with Gasteiger partial charge in [0.2, 0.25) is 0 Å². The predicted octanol–water partition coefficient (Wildman–Crippen LogP) is 4.62. The van der Waals surface area contributed by atoms with Crippen molar-refractivity contribution in [1.29, 1.82) is 0 Å². The molecule has 0 amide bonds. The molecule has 3 aromatic carbocycles. The normalized spacial score (nSPS) is 13.1. The van der Waals surface area contributed by atoms with Crippen LogP contribution in [0.15, 0.2) is 85.4 Å². The number of benzene rings is 3. The highest BCUT2D eigenvalue weighted by Crippen LogP contribution is 2.37. The second-order valence-corrected chi connectivity index (χ2v) is 5.63. The Kier molecular flexibility index (Phi) is 4.50. The van der Waals surface area contributed by atoms with Gasteiger partial charge in [0.1, 0.15) is 11.4 Å². The van der Waals surface area contributed by atoms with Gasteiger partial charge in [0.05, 0.1) is 7.11 Å². The van der Waals surface area contributed by atoms with Gasteiger partial charge in [-0.3, -0.25) is 0 Å². The molecule has 0 aliphatic heterocycles. The van der Waals surface area contributed by atoms with Crippen LogP contribution in [0.2, 0.25) is 0 Å². The monoisotopic (exact) mass is 316 g/mol. The number of hydrogen-bond acceptors (Lipinski definition) is 2. The van der Waals surface area contributed by atoms with Crippen LogP contribution < -0.4 is 4.74 Å². The summed E-state index contributed by atoms with van der Waals surface area (Å²) in [6.45, 7) is 3.78. The lowest BCUT2D eigenvalue weighted by Crippen LogP contribution is -2.28. The molecule has 3 aromatic rings. The molecule has 1 unspecified atom stereocenters. The molecule has 0 saturated heterocycles. The molecule has 2 nitrogen and oxygen atoms in total. The number of rotatable bonds is 5. The van der Waals surface area contributed by atoms with Gasteiger partial charge in [0, 0.05) is 0 Å². The first-order valence-corrected chi connectivity index (χ1v) is 7.84. The molecule has 0 aliphatic rings. The van der Waals surface area contributed by atoms with Crippen molar-refractivity contribution in [2.24, 2.45) is 0 Å². The standard InChI is InChI=1S/C22H20O2/c1-3-17-9-11-19(12-10-17)22(23,18-7-5-4-6-8-18)20-13-15-21(24-2)16-14-20/h3-16,23H,1H2,2H3. The van der Waals surface area contributed by atoms with Crippen molar-refractivity contribution in [3.8, 4) is 5.75 Å². The topological polar surface area (TPSA) is 29.5 Å². The van der Waals surface area contributed by atoms with Crippen LogP contribution >= 0.6 is 0 Å². The van der Waals surface area contributed by atoms with Gasteiger partial charge in [-0.2, -0.15) is 0 Å². The minimum Gasteiger partial charge on any atom is -0.497 e. The van der Waals surface area contributed by atoms with Crippen molar-refractivity contribution < 1.29 is 9.84 Å². The van der Waals surface area contributed by atoms with E-state index in [0.29, 0.717) is 0 Å². The Labute approximate surface area is 142 Å². The highest BCUT2D eigenvalue weighted by atomic mass is 16.5. The summed E-state index contributed by atoms with van der Waals surface area (Å²) in [5.74, 6) is 0.760. The van der Waals surface area contributed by atoms with E-state index < -0.39 is 5.60 Å². The molecule has 0 heterocycles. The number of ether oxygens (including phenoxy) is 1. The number of methoxy groups -OCH3 is 1. The highest BCUT2D eigenvalue weighted by Gasteiger charge is 2.33. The zero-order chi connectivity index (χ0) is 17.0. The van der Waals surface area contributed by atoms with Crippen molar-refractivity contribution >= 4 is 6.08 Å². The molecular formula is C22H20O2. The average molecular weight is 316 g/mol. The summed E-state index contributed by atoms with van der Waals surface area (Å²) in [5.41, 5.74) is 2.21. The lowest BCUT2D eigenvalue weighted by atomic mass is 9.80. The van der Waals surface area contributed by atoms with Crippen LogP contribution in [0.4, 0.5) is 0 Å². The second-order valence-electron chi connectivity index (χ2n) is 5.63. The van der Waals surface area contributed by atoms with Crippen LogP contribution in [0.25, 0.3) is 6.08 Å². The largest absolute Gasteiger partial charge is 0.497 e. The summed E-state index contributed by atoms with van der Waals surface area (Å²) >= 11 is 0. The van der Waals surface area contributed by atoms with Gasteiger partial charge in [-0.15, -0.1) is 0 Å². The third-order valence-corrected chi connectivity index (χ3v) is 4.26. The van der Waals surface area contributed by atoms with Gasteiger partial charge in [0.15, 0.2) is 0 Å². The summed E-state index contributed by atoms with van der Waals surface area (Å²) in [6.07, 6.45) is 1.79. The summed E-state index contributed by atoms with van der Waals surface area (Å²) in [7, 11) is 1.63. The maximum atomic E-state index is 11.7. The Bertz CT molecular complexity index is 805. The summed E-state index contributed by atoms with van der Waals surface area (Å²) in [4.78, 5) is 0. The van der Waals surface area contributed by atoms with Crippen molar-refractivity contribution in [3.63, 3.8) is 0 Å². The van der Waals surface area contributed by atoms with E-state index in [0.717, 1.165) is 28.0 Å². The molecule has 2 heteroatoms. The highest BCUT2D eigenvalue weighted by molar-refractivity contribution is 5.52. The molecule has 0 aromatic heterocycles. The first-order chi connectivity index (χ1) is 11.7. The van der Waals surface area contributed by atoms with E-state index in [1.54, 1.807) is 13.2 Å². The average Bonchev–Trinajstić information content (AvgIpc) is 2.68. The Morgan fingerprint density at radius 3 is 1.79 bits per heavy atom. The van der Waals surface area contributed by atoms with Gasteiger partial charge in [-0.05, 0) is 34.4 Å². The fourth-order valence-electron chi connectivity index (χ4n) is 2.87. The molecule has 0 aliphatic carbocycles. The van der Waals surface area contributed by atoms with Crippen LogP contribution in [-0.4, -0.2) is 12.2 Å². The van der Waals surface area contributed by atoms with E-state index in [4.69, 9.17) is 4.74 Å². The molecule has 0 bridgehead atoms. The van der Waals surface area contributed by atoms with Crippen molar-refractivity contribution in [2.75, 3.05) is 7.11 Å². The third kappa shape index (κ3) is 2.84. The molecule has 0 spiro atoms. The van der Waals surface area contributed by atoms with Crippen LogP contribution in [0, 0.1) is 0 Å². The lowest BCUT2D eigenvalue weighted by Gasteiger charge is -2.30. The van der Waals surface area contributed by atoms with Crippen molar-refractivity contribution in [1.82, 2.24) is 0 Å². The van der Waals surface area contributed by atoms with E-state index in [2.05, 4.69) is 6.58 Å². The molecule has 24 heavy (non-hydrogen) atoms. The predicted molar refractivity (Wildman–Crippen MR) is 98.1 cm³/mol. The first-order valence-electron chi connectivity index (χ1n) is 7.84. The molecule has 0 fully saturated rings. The maximum absolute atomic E-state index is 11.7. The van der Waals surface area contributed by atoms with E-state index >= 15 is 0 Å². The molecule has 0 radical (unpaired) electrons. The van der Waals surface area contributed by atoms with Crippen LogP contribution in [0.5, 0.6) is 5.75 Å². The van der Waals surface area contributed by atoms with E-state index in [1.165, 1.54) is 0 Å².